The summed E-state index contributed by atoms with van der Waals surface area (Å²) >= 11 is 0. The van der Waals surface area contributed by atoms with Crippen molar-refractivity contribution >= 4 is 11.8 Å². The van der Waals surface area contributed by atoms with Gasteiger partial charge >= 0.3 is 0 Å². The van der Waals surface area contributed by atoms with E-state index in [0.29, 0.717) is 30.6 Å². The number of hydrogen-bond acceptors (Lipinski definition) is 7. The molecule has 0 spiro atoms. The summed E-state index contributed by atoms with van der Waals surface area (Å²) < 4.78 is 11.2. The van der Waals surface area contributed by atoms with Crippen LogP contribution in [0.5, 0.6) is 0 Å². The number of carbonyl (C=O) groups excluding carboxylic acids is 1. The van der Waals surface area contributed by atoms with Crippen LogP contribution < -0.4 is 10.2 Å². The molecule has 2 aliphatic rings. The van der Waals surface area contributed by atoms with Crippen LogP contribution in [0.2, 0.25) is 0 Å². The largest absolute Gasteiger partial charge is 0.459 e. The lowest BCUT2D eigenvalue weighted by Gasteiger charge is -2.35. The highest BCUT2D eigenvalue weighted by atomic mass is 16.4. The molecule has 0 unspecified atom stereocenters. The minimum absolute atomic E-state index is 0.0170. The molecule has 34 heavy (non-hydrogen) atoms. The first-order chi connectivity index (χ1) is 16.7. The summed E-state index contributed by atoms with van der Waals surface area (Å²) in [6.07, 6.45) is 4.95. The predicted molar refractivity (Wildman–Crippen MR) is 127 cm³/mol. The smallest absolute Gasteiger partial charge is 0.266 e. The third kappa shape index (κ3) is 5.00. The molecular formula is C26H29N5O3. The maximum atomic E-state index is 12.9. The number of aromatic nitrogens is 1. The van der Waals surface area contributed by atoms with E-state index in [0.717, 1.165) is 45.3 Å². The summed E-state index contributed by atoms with van der Waals surface area (Å²) in [5.74, 6) is 1.38. The van der Waals surface area contributed by atoms with Crippen molar-refractivity contribution in [2.45, 2.75) is 38.3 Å². The number of nitriles is 1. The molecule has 0 atom stereocenters. The van der Waals surface area contributed by atoms with E-state index in [4.69, 9.17) is 8.83 Å². The second-order valence-corrected chi connectivity index (χ2v) is 9.07. The van der Waals surface area contributed by atoms with E-state index in [1.165, 1.54) is 5.56 Å². The van der Waals surface area contributed by atoms with Crippen molar-refractivity contribution in [2.24, 2.45) is 5.92 Å². The van der Waals surface area contributed by atoms with Crippen LogP contribution in [0, 0.1) is 17.2 Å². The van der Waals surface area contributed by atoms with E-state index >= 15 is 0 Å². The van der Waals surface area contributed by atoms with Gasteiger partial charge in [-0.1, -0.05) is 30.3 Å². The Kier molecular flexibility index (Phi) is 6.63. The Morgan fingerprint density at radius 1 is 1.06 bits per heavy atom. The summed E-state index contributed by atoms with van der Waals surface area (Å²) in [6, 6.07) is 16.4. The molecule has 0 radical (unpaired) electrons. The second kappa shape index (κ2) is 10.1. The normalized spacial score (nSPS) is 18.0. The molecule has 1 aromatic carbocycles. The Hall–Kier alpha value is -3.57. The molecule has 2 saturated heterocycles. The van der Waals surface area contributed by atoms with E-state index in [1.54, 1.807) is 18.4 Å². The summed E-state index contributed by atoms with van der Waals surface area (Å²) in [4.78, 5) is 21.6. The number of oxazole rings is 1. The Bertz CT molecular complexity index is 1120. The highest BCUT2D eigenvalue weighted by Gasteiger charge is 2.31. The highest BCUT2D eigenvalue weighted by Crippen LogP contribution is 2.31. The van der Waals surface area contributed by atoms with E-state index in [9.17, 15) is 10.1 Å². The van der Waals surface area contributed by atoms with Gasteiger partial charge in [-0.2, -0.15) is 10.2 Å². The van der Waals surface area contributed by atoms with Crippen LogP contribution in [0.25, 0.3) is 11.7 Å². The van der Waals surface area contributed by atoms with Gasteiger partial charge in [0.2, 0.25) is 17.5 Å². The predicted octanol–water partition coefficient (Wildman–Crippen LogP) is 3.80. The Balaban J connectivity index is 1.10. The summed E-state index contributed by atoms with van der Waals surface area (Å²) in [5.41, 5.74) is 1.58. The number of hydrogen-bond donors (Lipinski definition) is 1. The fourth-order valence-electron chi connectivity index (χ4n) is 4.85. The SMILES string of the molecule is N#Cc1nc(-c2ccco2)oc1N1CCC(C(=O)NC2CCN(Cc3ccccc3)CC2)CC1. The molecule has 8 heteroatoms. The van der Waals surface area contributed by atoms with Crippen molar-refractivity contribution in [2.75, 3.05) is 31.1 Å². The number of rotatable bonds is 6. The number of piperidine rings is 2. The fraction of sp³-hybridized carbons (Fsp3) is 0.423. The van der Waals surface area contributed by atoms with Gasteiger partial charge < -0.3 is 19.1 Å². The van der Waals surface area contributed by atoms with Gasteiger partial charge in [0.1, 0.15) is 6.07 Å². The van der Waals surface area contributed by atoms with Crippen molar-refractivity contribution in [3.05, 3.63) is 60.0 Å². The highest BCUT2D eigenvalue weighted by molar-refractivity contribution is 5.79. The minimum atomic E-state index is -0.0170. The molecule has 0 bridgehead atoms. The number of amides is 1. The number of nitrogens with one attached hydrogen (secondary N) is 1. The first kappa shape index (κ1) is 22.2. The lowest BCUT2D eigenvalue weighted by molar-refractivity contribution is -0.126. The van der Waals surface area contributed by atoms with Gasteiger partial charge in [0, 0.05) is 44.7 Å². The van der Waals surface area contributed by atoms with Gasteiger partial charge in [0.05, 0.1) is 6.26 Å². The Labute approximate surface area is 199 Å². The van der Waals surface area contributed by atoms with Crippen molar-refractivity contribution in [3.63, 3.8) is 0 Å². The zero-order valence-electron chi connectivity index (χ0n) is 19.2. The van der Waals surface area contributed by atoms with Gasteiger partial charge in [-0.25, -0.2) is 0 Å². The molecule has 8 nitrogen and oxygen atoms in total. The standard InChI is InChI=1S/C26H29N5O3/c27-17-22-26(34-25(29-22)23-7-4-16-33-23)31-14-8-20(9-15-31)24(32)28-21-10-12-30(13-11-21)18-19-5-2-1-3-6-19/h1-7,16,20-21H,8-15,18H2,(H,28,32). The minimum Gasteiger partial charge on any atom is -0.459 e. The molecule has 0 aliphatic carbocycles. The number of nitrogens with zero attached hydrogens (tertiary/aromatic N) is 4. The molecule has 1 amide bonds. The summed E-state index contributed by atoms with van der Waals surface area (Å²) in [5, 5.41) is 12.8. The zero-order chi connectivity index (χ0) is 23.3. The fourth-order valence-corrected chi connectivity index (χ4v) is 4.85. The van der Waals surface area contributed by atoms with Gasteiger partial charge in [0.25, 0.3) is 5.89 Å². The molecule has 2 fully saturated rings. The van der Waals surface area contributed by atoms with Crippen molar-refractivity contribution in [1.82, 2.24) is 15.2 Å². The van der Waals surface area contributed by atoms with Crippen LogP contribution >= 0.6 is 0 Å². The topological polar surface area (TPSA) is 98.5 Å². The average Bonchev–Trinajstić information content (AvgIpc) is 3.56. The molecule has 176 valence electrons. The molecule has 4 heterocycles. The van der Waals surface area contributed by atoms with Crippen molar-refractivity contribution < 1.29 is 13.6 Å². The lowest BCUT2D eigenvalue weighted by Crippen LogP contribution is -2.48. The maximum absolute atomic E-state index is 12.9. The van der Waals surface area contributed by atoms with E-state index < -0.39 is 0 Å². The second-order valence-electron chi connectivity index (χ2n) is 9.07. The zero-order valence-corrected chi connectivity index (χ0v) is 19.2. The molecule has 2 aromatic heterocycles. The third-order valence-corrected chi connectivity index (χ3v) is 6.78. The Morgan fingerprint density at radius 3 is 2.50 bits per heavy atom. The molecule has 0 saturated carbocycles. The molecule has 1 N–H and O–H groups in total. The van der Waals surface area contributed by atoms with E-state index in [-0.39, 0.29) is 23.6 Å². The lowest BCUT2D eigenvalue weighted by atomic mass is 9.94. The average molecular weight is 460 g/mol. The summed E-state index contributed by atoms with van der Waals surface area (Å²) in [7, 11) is 0. The number of carbonyl (C=O) groups is 1. The van der Waals surface area contributed by atoms with Gasteiger partial charge in [-0.05, 0) is 43.4 Å². The van der Waals surface area contributed by atoms with Crippen LogP contribution in [0.4, 0.5) is 5.88 Å². The number of benzene rings is 1. The van der Waals surface area contributed by atoms with Gasteiger partial charge in [0.15, 0.2) is 5.76 Å². The molecule has 2 aliphatic heterocycles. The van der Waals surface area contributed by atoms with E-state index in [1.807, 2.05) is 11.0 Å². The van der Waals surface area contributed by atoms with Crippen LogP contribution in [0.15, 0.2) is 57.6 Å². The number of anilines is 1. The van der Waals surface area contributed by atoms with Gasteiger partial charge in [-0.3, -0.25) is 9.69 Å². The molecule has 5 rings (SSSR count). The first-order valence-corrected chi connectivity index (χ1v) is 12.0. The molecular weight excluding hydrogens is 430 g/mol. The summed E-state index contributed by atoms with van der Waals surface area (Å²) in [6.45, 7) is 4.26. The van der Waals surface area contributed by atoms with Crippen molar-refractivity contribution in [1.29, 1.82) is 5.26 Å². The quantitative estimate of drug-likeness (QED) is 0.599. The van der Waals surface area contributed by atoms with Crippen LogP contribution in [-0.2, 0) is 11.3 Å². The third-order valence-electron chi connectivity index (χ3n) is 6.78. The van der Waals surface area contributed by atoms with Crippen LogP contribution in [0.1, 0.15) is 36.9 Å². The Morgan fingerprint density at radius 2 is 1.82 bits per heavy atom. The number of furan rings is 1. The van der Waals surface area contributed by atoms with Gasteiger partial charge in [-0.15, -0.1) is 0 Å². The van der Waals surface area contributed by atoms with Crippen molar-refractivity contribution in [3.8, 4) is 17.7 Å². The van der Waals surface area contributed by atoms with E-state index in [2.05, 4.69) is 45.5 Å². The van der Waals surface area contributed by atoms with Crippen LogP contribution in [-0.4, -0.2) is 48.0 Å². The number of likely N-dealkylation sites (tertiary alicyclic amines) is 1. The van der Waals surface area contributed by atoms with Crippen LogP contribution in [0.3, 0.4) is 0 Å². The first-order valence-electron chi connectivity index (χ1n) is 12.0. The maximum Gasteiger partial charge on any atom is 0.266 e. The molecule has 3 aromatic rings. The monoisotopic (exact) mass is 459 g/mol.